The highest BCUT2D eigenvalue weighted by Crippen LogP contribution is 2.29. The average Bonchev–Trinajstić information content (AvgIpc) is 3.17. The Kier molecular flexibility index (Phi) is 6.97. The number of carbonyl (C=O) groups excluding carboxylic acids is 1. The van der Waals surface area contributed by atoms with Crippen LogP contribution in [0.4, 0.5) is 0 Å². The van der Waals surface area contributed by atoms with Gasteiger partial charge in [0.15, 0.2) is 5.16 Å². The third kappa shape index (κ3) is 5.18. The summed E-state index contributed by atoms with van der Waals surface area (Å²) < 4.78 is 28.0. The van der Waals surface area contributed by atoms with Gasteiger partial charge >= 0.3 is 0 Å². The number of piperidine rings is 1. The van der Waals surface area contributed by atoms with Crippen LogP contribution in [-0.4, -0.2) is 59.2 Å². The normalized spacial score (nSPS) is 18.0. The first kappa shape index (κ1) is 21.8. The standard InChI is InChI=1S/C19H27N5O3S2/c1-13-9-14(2)17(15(3)10-13)29(26,27)24-7-4-5-16(11-24)18(25)20-6-8-28-19-21-12-22-23-19/h9-10,12,16H,4-8,11H2,1-3H3,(H,20,25)(H,21,22,23)/t16-/m1/s1. The van der Waals surface area contributed by atoms with Gasteiger partial charge in [0.25, 0.3) is 0 Å². The van der Waals surface area contributed by atoms with Crippen molar-refractivity contribution in [2.24, 2.45) is 5.92 Å². The van der Waals surface area contributed by atoms with Crippen molar-refractivity contribution in [3.8, 4) is 0 Å². The molecule has 158 valence electrons. The number of amides is 1. The summed E-state index contributed by atoms with van der Waals surface area (Å²) in [6.45, 7) is 6.76. The molecule has 1 saturated heterocycles. The number of hydrogen-bond acceptors (Lipinski definition) is 6. The van der Waals surface area contributed by atoms with E-state index in [1.165, 1.54) is 22.4 Å². The van der Waals surface area contributed by atoms with Gasteiger partial charge in [-0.15, -0.1) is 0 Å². The Bertz CT molecular complexity index is 937. The molecule has 0 unspecified atom stereocenters. The first-order chi connectivity index (χ1) is 13.8. The number of nitrogens with zero attached hydrogens (tertiary/aromatic N) is 3. The molecule has 1 aliphatic rings. The van der Waals surface area contributed by atoms with Gasteiger partial charge in [-0.2, -0.15) is 9.40 Å². The fourth-order valence-electron chi connectivity index (χ4n) is 3.81. The lowest BCUT2D eigenvalue weighted by atomic mass is 9.99. The predicted octanol–water partition coefficient (Wildman–Crippen LogP) is 2.04. The van der Waals surface area contributed by atoms with E-state index in [9.17, 15) is 13.2 Å². The quantitative estimate of drug-likeness (QED) is 0.507. The van der Waals surface area contributed by atoms with Gasteiger partial charge < -0.3 is 5.32 Å². The maximum Gasteiger partial charge on any atom is 0.243 e. The van der Waals surface area contributed by atoms with Crippen molar-refractivity contribution in [3.05, 3.63) is 35.2 Å². The van der Waals surface area contributed by atoms with Crippen molar-refractivity contribution in [2.45, 2.75) is 43.7 Å². The molecule has 0 radical (unpaired) electrons. The molecule has 3 rings (SSSR count). The number of thioether (sulfide) groups is 1. The molecule has 2 aromatic rings. The summed E-state index contributed by atoms with van der Waals surface area (Å²) in [6, 6.07) is 3.78. The zero-order valence-corrected chi connectivity index (χ0v) is 18.6. The summed E-state index contributed by atoms with van der Waals surface area (Å²) in [6.07, 6.45) is 2.81. The number of rotatable bonds is 7. The fraction of sp³-hybridized carbons (Fsp3) is 0.526. The van der Waals surface area contributed by atoms with Crippen LogP contribution in [0.2, 0.25) is 0 Å². The first-order valence-corrected chi connectivity index (χ1v) is 12.1. The molecule has 1 atom stereocenters. The Labute approximate surface area is 175 Å². The second-order valence-corrected chi connectivity index (χ2v) is 10.3. The molecule has 10 heteroatoms. The van der Waals surface area contributed by atoms with Crippen LogP contribution in [0.3, 0.4) is 0 Å². The Hall–Kier alpha value is -1.91. The lowest BCUT2D eigenvalue weighted by Crippen LogP contribution is -2.46. The molecule has 8 nitrogen and oxygen atoms in total. The van der Waals surface area contributed by atoms with Gasteiger partial charge in [-0.3, -0.25) is 9.89 Å². The number of aromatic nitrogens is 3. The third-order valence-corrected chi connectivity index (χ3v) is 8.04. The third-order valence-electron chi connectivity index (χ3n) is 4.99. The lowest BCUT2D eigenvalue weighted by Gasteiger charge is -2.32. The number of nitrogens with one attached hydrogen (secondary N) is 2. The lowest BCUT2D eigenvalue weighted by molar-refractivity contribution is -0.125. The number of H-pyrrole nitrogens is 1. The minimum absolute atomic E-state index is 0.0968. The van der Waals surface area contributed by atoms with Crippen LogP contribution in [0.15, 0.2) is 28.5 Å². The Balaban J connectivity index is 1.61. The number of carbonyl (C=O) groups is 1. The zero-order chi connectivity index (χ0) is 21.0. The second kappa shape index (κ2) is 9.27. The van der Waals surface area contributed by atoms with Crippen molar-refractivity contribution < 1.29 is 13.2 Å². The van der Waals surface area contributed by atoms with Crippen LogP contribution in [0.5, 0.6) is 0 Å². The highest BCUT2D eigenvalue weighted by atomic mass is 32.2. The summed E-state index contributed by atoms with van der Waals surface area (Å²) in [5.74, 6) is 0.234. The highest BCUT2D eigenvalue weighted by Gasteiger charge is 2.34. The highest BCUT2D eigenvalue weighted by molar-refractivity contribution is 7.99. The van der Waals surface area contributed by atoms with Crippen molar-refractivity contribution in [2.75, 3.05) is 25.4 Å². The second-order valence-electron chi connectivity index (χ2n) is 7.36. The molecule has 0 spiro atoms. The van der Waals surface area contributed by atoms with E-state index < -0.39 is 10.0 Å². The summed E-state index contributed by atoms with van der Waals surface area (Å²) in [5.41, 5.74) is 2.54. The summed E-state index contributed by atoms with van der Waals surface area (Å²) in [5, 5.41) is 10.2. The Morgan fingerprint density at radius 1 is 1.31 bits per heavy atom. The number of sulfonamides is 1. The van der Waals surface area contributed by atoms with E-state index in [1.807, 2.05) is 32.9 Å². The molecular weight excluding hydrogens is 410 g/mol. The van der Waals surface area contributed by atoms with Crippen molar-refractivity contribution in [1.82, 2.24) is 24.8 Å². The molecule has 0 saturated carbocycles. The minimum atomic E-state index is -3.63. The SMILES string of the molecule is Cc1cc(C)c(S(=O)(=O)N2CCC[C@@H](C(=O)NCCSc3ncn[nH]3)C2)c(C)c1. The van der Waals surface area contributed by atoms with Gasteiger partial charge in [0.1, 0.15) is 6.33 Å². The van der Waals surface area contributed by atoms with Gasteiger partial charge in [-0.05, 0) is 44.7 Å². The van der Waals surface area contributed by atoms with Crippen molar-refractivity contribution >= 4 is 27.7 Å². The largest absolute Gasteiger partial charge is 0.355 e. The van der Waals surface area contributed by atoms with E-state index in [0.717, 1.165) is 16.7 Å². The van der Waals surface area contributed by atoms with Gasteiger partial charge in [0.05, 0.1) is 10.8 Å². The van der Waals surface area contributed by atoms with Crippen LogP contribution >= 0.6 is 11.8 Å². The summed E-state index contributed by atoms with van der Waals surface area (Å²) in [4.78, 5) is 17.0. The van der Waals surface area contributed by atoms with Crippen LogP contribution in [0, 0.1) is 26.7 Å². The van der Waals surface area contributed by atoms with E-state index in [0.29, 0.717) is 41.7 Å². The Morgan fingerprint density at radius 2 is 2.03 bits per heavy atom. The van der Waals surface area contributed by atoms with Crippen molar-refractivity contribution in [3.63, 3.8) is 0 Å². The summed E-state index contributed by atoms with van der Waals surface area (Å²) >= 11 is 1.47. The topological polar surface area (TPSA) is 108 Å². The molecule has 1 fully saturated rings. The van der Waals surface area contributed by atoms with Crippen LogP contribution in [-0.2, 0) is 14.8 Å². The molecule has 1 amide bonds. The zero-order valence-electron chi connectivity index (χ0n) is 16.9. The molecule has 1 aromatic heterocycles. The van der Waals surface area contributed by atoms with E-state index >= 15 is 0 Å². The molecule has 0 bridgehead atoms. The monoisotopic (exact) mass is 437 g/mol. The van der Waals surface area contributed by atoms with Crippen molar-refractivity contribution in [1.29, 1.82) is 0 Å². The van der Waals surface area contributed by atoms with Crippen LogP contribution in [0.1, 0.15) is 29.5 Å². The van der Waals surface area contributed by atoms with E-state index in [-0.39, 0.29) is 18.4 Å². The fourth-order valence-corrected chi connectivity index (χ4v) is 6.38. The molecule has 2 heterocycles. The summed E-state index contributed by atoms with van der Waals surface area (Å²) in [7, 11) is -3.63. The van der Waals surface area contributed by atoms with Crippen LogP contribution < -0.4 is 5.32 Å². The molecule has 1 aromatic carbocycles. The van der Waals surface area contributed by atoms with Crippen LogP contribution in [0.25, 0.3) is 0 Å². The maximum absolute atomic E-state index is 13.3. The molecule has 1 aliphatic heterocycles. The van der Waals surface area contributed by atoms with Gasteiger partial charge in [0, 0.05) is 25.4 Å². The first-order valence-electron chi connectivity index (χ1n) is 9.63. The number of aryl methyl sites for hydroxylation is 3. The number of aromatic amines is 1. The smallest absolute Gasteiger partial charge is 0.243 e. The van der Waals surface area contributed by atoms with Gasteiger partial charge in [0.2, 0.25) is 15.9 Å². The number of benzene rings is 1. The molecule has 29 heavy (non-hydrogen) atoms. The molecular formula is C19H27N5O3S2. The average molecular weight is 438 g/mol. The van der Waals surface area contributed by atoms with E-state index in [1.54, 1.807) is 0 Å². The molecule has 2 N–H and O–H groups in total. The minimum Gasteiger partial charge on any atom is -0.355 e. The van der Waals surface area contributed by atoms with E-state index in [4.69, 9.17) is 0 Å². The maximum atomic E-state index is 13.3. The number of hydrogen-bond donors (Lipinski definition) is 2. The Morgan fingerprint density at radius 3 is 2.69 bits per heavy atom. The molecule has 0 aliphatic carbocycles. The predicted molar refractivity (Wildman–Crippen MR) is 112 cm³/mol. The van der Waals surface area contributed by atoms with Gasteiger partial charge in [-0.25, -0.2) is 13.4 Å². The van der Waals surface area contributed by atoms with Gasteiger partial charge in [-0.1, -0.05) is 29.5 Å². The van der Waals surface area contributed by atoms with E-state index in [2.05, 4.69) is 20.5 Å².